The highest BCUT2D eigenvalue weighted by molar-refractivity contribution is 6.30. The number of rotatable bonds is 4. The van der Waals surface area contributed by atoms with Crippen molar-refractivity contribution in [2.75, 3.05) is 0 Å². The molecule has 0 aliphatic rings. The molecule has 0 radical (unpaired) electrons. The maximum atomic E-state index is 13.8. The van der Waals surface area contributed by atoms with E-state index in [0.717, 1.165) is 12.5 Å². The second-order valence-corrected chi connectivity index (χ2v) is 4.70. The van der Waals surface area contributed by atoms with Gasteiger partial charge in [0.2, 0.25) is 0 Å². The van der Waals surface area contributed by atoms with Crippen molar-refractivity contribution in [1.82, 2.24) is 14.8 Å². The molecule has 1 aromatic heterocycles. The molecule has 0 aliphatic heterocycles. The Labute approximate surface area is 115 Å². The molecule has 0 N–H and O–H groups in total. The van der Waals surface area contributed by atoms with Crippen LogP contribution < -0.4 is 0 Å². The van der Waals surface area contributed by atoms with Crippen molar-refractivity contribution in [3.05, 3.63) is 46.0 Å². The van der Waals surface area contributed by atoms with Crippen LogP contribution in [0.5, 0.6) is 0 Å². The number of halogens is 3. The van der Waals surface area contributed by atoms with E-state index in [-0.39, 0.29) is 17.0 Å². The fourth-order valence-electron chi connectivity index (χ4n) is 1.91. The van der Waals surface area contributed by atoms with Crippen LogP contribution in [0.25, 0.3) is 0 Å². The first-order valence-electron chi connectivity index (χ1n) is 6.05. The third kappa shape index (κ3) is 2.92. The zero-order valence-electron chi connectivity index (χ0n) is 10.8. The lowest BCUT2D eigenvalue weighted by atomic mass is 10.1. The van der Waals surface area contributed by atoms with Crippen molar-refractivity contribution in [3.63, 3.8) is 0 Å². The number of benzene rings is 1. The van der Waals surface area contributed by atoms with E-state index in [2.05, 4.69) is 10.1 Å². The number of aryl methyl sites for hydroxylation is 2. The Morgan fingerprint density at radius 2 is 2.05 bits per heavy atom. The average molecular weight is 286 g/mol. The van der Waals surface area contributed by atoms with E-state index in [1.165, 1.54) is 6.07 Å². The van der Waals surface area contributed by atoms with Crippen molar-refractivity contribution in [3.8, 4) is 0 Å². The molecule has 0 bridgehead atoms. The predicted octanol–water partition coefficient (Wildman–Crippen LogP) is 3.52. The third-order valence-electron chi connectivity index (χ3n) is 2.76. The number of aromatic nitrogens is 3. The molecule has 1 heterocycles. The van der Waals surface area contributed by atoms with Crippen LogP contribution in [0.4, 0.5) is 8.78 Å². The van der Waals surface area contributed by atoms with Crippen LogP contribution in [-0.4, -0.2) is 14.8 Å². The molecule has 0 spiro atoms. The maximum Gasteiger partial charge on any atom is 0.148 e. The van der Waals surface area contributed by atoms with Gasteiger partial charge in [0, 0.05) is 18.5 Å². The molecule has 0 aliphatic carbocycles. The molecule has 2 aromatic rings. The van der Waals surface area contributed by atoms with Crippen molar-refractivity contribution in [2.45, 2.75) is 33.2 Å². The molecule has 0 fully saturated rings. The monoisotopic (exact) mass is 285 g/mol. The summed E-state index contributed by atoms with van der Waals surface area (Å²) in [6.07, 6.45) is 0.912. The molecule has 3 nitrogen and oxygen atoms in total. The molecule has 0 amide bonds. The first-order chi connectivity index (χ1) is 9.02. The summed E-state index contributed by atoms with van der Waals surface area (Å²) in [5.74, 6) is -0.221. The minimum atomic E-state index is -0.731. The van der Waals surface area contributed by atoms with Crippen molar-refractivity contribution in [1.29, 1.82) is 0 Å². The normalized spacial score (nSPS) is 11.0. The van der Waals surface area contributed by atoms with Gasteiger partial charge in [-0.3, -0.25) is 0 Å². The molecule has 0 atom stereocenters. The summed E-state index contributed by atoms with van der Waals surface area (Å²) in [6, 6.07) is 2.37. The van der Waals surface area contributed by atoms with Gasteiger partial charge in [0.25, 0.3) is 0 Å². The minimum Gasteiger partial charge on any atom is -0.249 e. The van der Waals surface area contributed by atoms with E-state index in [9.17, 15) is 8.78 Å². The Kier molecular flexibility index (Phi) is 4.14. The first-order valence-corrected chi connectivity index (χ1v) is 6.43. The summed E-state index contributed by atoms with van der Waals surface area (Å²) < 4.78 is 29.2. The molecule has 19 heavy (non-hydrogen) atoms. The maximum absolute atomic E-state index is 13.8. The van der Waals surface area contributed by atoms with Crippen molar-refractivity contribution < 1.29 is 8.78 Å². The van der Waals surface area contributed by atoms with E-state index in [1.54, 1.807) is 11.6 Å². The Morgan fingerprint density at radius 1 is 1.32 bits per heavy atom. The Morgan fingerprint density at radius 3 is 2.74 bits per heavy atom. The molecule has 102 valence electrons. The van der Waals surface area contributed by atoms with E-state index in [4.69, 9.17) is 11.6 Å². The highest BCUT2D eigenvalue weighted by Gasteiger charge is 2.16. The lowest BCUT2D eigenvalue weighted by molar-refractivity contribution is 0.541. The van der Waals surface area contributed by atoms with Gasteiger partial charge in [0.1, 0.15) is 23.3 Å². The number of hydrogen-bond acceptors (Lipinski definition) is 2. The molecule has 6 heteroatoms. The van der Waals surface area contributed by atoms with Gasteiger partial charge < -0.3 is 0 Å². The summed E-state index contributed by atoms with van der Waals surface area (Å²) in [7, 11) is 0. The first kappa shape index (κ1) is 13.9. The summed E-state index contributed by atoms with van der Waals surface area (Å²) in [6.45, 7) is 4.42. The van der Waals surface area contributed by atoms with E-state index < -0.39 is 11.6 Å². The highest BCUT2D eigenvalue weighted by atomic mass is 35.5. The predicted molar refractivity (Wildman–Crippen MR) is 69.2 cm³/mol. The lowest BCUT2D eigenvalue weighted by Crippen LogP contribution is -2.08. The van der Waals surface area contributed by atoms with Crippen LogP contribution in [0.2, 0.25) is 5.02 Å². The fourth-order valence-corrected chi connectivity index (χ4v) is 2.09. The molecule has 1 aromatic carbocycles. The number of nitrogens with zero attached hydrogens (tertiary/aromatic N) is 3. The van der Waals surface area contributed by atoms with Crippen LogP contribution in [0.1, 0.15) is 30.6 Å². The van der Waals surface area contributed by atoms with Crippen molar-refractivity contribution >= 4 is 11.6 Å². The smallest absolute Gasteiger partial charge is 0.148 e. The van der Waals surface area contributed by atoms with Gasteiger partial charge in [0.15, 0.2) is 0 Å². The van der Waals surface area contributed by atoms with Gasteiger partial charge >= 0.3 is 0 Å². The quantitative estimate of drug-likeness (QED) is 0.805. The molecule has 0 saturated carbocycles. The van der Waals surface area contributed by atoms with E-state index >= 15 is 0 Å². The van der Waals surface area contributed by atoms with Crippen LogP contribution in [-0.2, 0) is 13.0 Å². The molecule has 2 rings (SSSR count). The SMILES string of the molecule is CCCn1nc(C)nc1Cc1c(F)ccc(Cl)c1F. The Bertz CT molecular complexity index is 596. The van der Waals surface area contributed by atoms with E-state index in [1.807, 2.05) is 6.92 Å². The zero-order chi connectivity index (χ0) is 14.0. The summed E-state index contributed by atoms with van der Waals surface area (Å²) in [5.41, 5.74) is -0.0720. The van der Waals surface area contributed by atoms with Gasteiger partial charge in [-0.05, 0) is 25.5 Å². The fraction of sp³-hybridized carbons (Fsp3) is 0.385. The van der Waals surface area contributed by atoms with Crippen LogP contribution in [0, 0.1) is 18.6 Å². The van der Waals surface area contributed by atoms with E-state index in [0.29, 0.717) is 18.2 Å². The van der Waals surface area contributed by atoms with Gasteiger partial charge in [-0.25, -0.2) is 18.4 Å². The van der Waals surface area contributed by atoms with Gasteiger partial charge in [-0.2, -0.15) is 5.10 Å². The minimum absolute atomic E-state index is 0.0407. The molecule has 0 unspecified atom stereocenters. The Balaban J connectivity index is 2.38. The van der Waals surface area contributed by atoms with Gasteiger partial charge in [0.05, 0.1) is 5.02 Å². The summed E-state index contributed by atoms with van der Waals surface area (Å²) in [5, 5.41) is 4.12. The van der Waals surface area contributed by atoms with Crippen LogP contribution >= 0.6 is 11.6 Å². The lowest BCUT2D eigenvalue weighted by Gasteiger charge is -2.07. The molecular formula is C13H14ClF2N3. The molecular weight excluding hydrogens is 272 g/mol. The third-order valence-corrected chi connectivity index (χ3v) is 3.06. The number of hydrogen-bond donors (Lipinski definition) is 0. The van der Waals surface area contributed by atoms with Crippen LogP contribution in [0.3, 0.4) is 0 Å². The summed E-state index contributed by atoms with van der Waals surface area (Å²) in [4.78, 5) is 4.21. The highest BCUT2D eigenvalue weighted by Crippen LogP contribution is 2.23. The summed E-state index contributed by atoms with van der Waals surface area (Å²) >= 11 is 5.67. The molecule has 0 saturated heterocycles. The van der Waals surface area contributed by atoms with Crippen LogP contribution in [0.15, 0.2) is 12.1 Å². The van der Waals surface area contributed by atoms with Gasteiger partial charge in [-0.15, -0.1) is 0 Å². The second kappa shape index (κ2) is 5.65. The zero-order valence-corrected chi connectivity index (χ0v) is 11.5. The second-order valence-electron chi connectivity index (χ2n) is 4.30. The average Bonchev–Trinajstić information content (AvgIpc) is 2.71. The topological polar surface area (TPSA) is 30.7 Å². The largest absolute Gasteiger partial charge is 0.249 e. The van der Waals surface area contributed by atoms with Crippen molar-refractivity contribution in [2.24, 2.45) is 0 Å². The van der Waals surface area contributed by atoms with Gasteiger partial charge in [-0.1, -0.05) is 18.5 Å². The standard InChI is InChI=1S/C13H14ClF2N3/c1-3-6-19-12(17-8(2)18-19)7-9-11(15)5-4-10(14)13(9)16/h4-5H,3,6-7H2,1-2H3. The Hall–Kier alpha value is -1.49.